The lowest BCUT2D eigenvalue weighted by molar-refractivity contribution is -0.143. The van der Waals surface area contributed by atoms with Gasteiger partial charge in [0.15, 0.2) is 5.92 Å². The minimum atomic E-state index is -5.46. The lowest BCUT2D eigenvalue weighted by atomic mass is 10.0. The molecule has 0 fully saturated rings. The van der Waals surface area contributed by atoms with E-state index < -0.39 is 32.1 Å². The molecule has 5 nitrogen and oxygen atoms in total. The second kappa shape index (κ2) is 6.13. The maximum atomic E-state index is 12.4. The summed E-state index contributed by atoms with van der Waals surface area (Å²) in [6, 6.07) is 4.99. The predicted molar refractivity (Wildman–Crippen MR) is 64.7 cm³/mol. The summed E-state index contributed by atoms with van der Waals surface area (Å²) in [5.41, 5.74) is -5.36. The third kappa shape index (κ3) is 3.52. The normalized spacial score (nSPS) is 13.3. The maximum absolute atomic E-state index is 12.4. The Morgan fingerprint density at radius 1 is 1.33 bits per heavy atom. The Kier molecular flexibility index (Phi) is 4.96. The van der Waals surface area contributed by atoms with Crippen LogP contribution in [0.2, 0.25) is 0 Å². The van der Waals surface area contributed by atoms with Gasteiger partial charge in [-0.05, 0) is 24.6 Å². The molecule has 0 saturated heterocycles. The van der Waals surface area contributed by atoms with Gasteiger partial charge in [0.2, 0.25) is 0 Å². The highest BCUT2D eigenvalue weighted by molar-refractivity contribution is 7.92. The Hall–Kier alpha value is -2.08. The first kappa shape index (κ1) is 17.0. The van der Waals surface area contributed by atoms with Crippen LogP contribution in [0.3, 0.4) is 0 Å². The Balaban J connectivity index is 3.14. The highest BCUT2D eigenvalue weighted by Crippen LogP contribution is 2.31. The van der Waals surface area contributed by atoms with Crippen LogP contribution in [0.1, 0.15) is 18.4 Å². The lowest BCUT2D eigenvalue weighted by Gasteiger charge is -2.11. The number of carbonyl (C=O) groups is 1. The molecule has 0 N–H and O–H groups in total. The quantitative estimate of drug-likeness (QED) is 0.793. The fourth-order valence-electron chi connectivity index (χ4n) is 1.46. The number of benzene rings is 1. The number of esters is 1. The second-order valence-electron chi connectivity index (χ2n) is 3.83. The molecule has 0 aliphatic carbocycles. The zero-order valence-electron chi connectivity index (χ0n) is 10.7. The van der Waals surface area contributed by atoms with Gasteiger partial charge < -0.3 is 4.74 Å². The van der Waals surface area contributed by atoms with Crippen LogP contribution in [0.25, 0.3) is 0 Å². The van der Waals surface area contributed by atoms with Crippen molar-refractivity contribution in [2.75, 3.05) is 6.61 Å². The van der Waals surface area contributed by atoms with E-state index in [2.05, 4.69) is 4.74 Å². The minimum absolute atomic E-state index is 0.0392. The first-order chi connectivity index (χ1) is 9.65. The average molecular weight is 321 g/mol. The largest absolute Gasteiger partial charge is 0.501 e. The number of halogens is 3. The SMILES string of the molecule is CCOC(=O)C(C#N)c1ccc(S(=O)(=O)C(F)(F)F)cc1. The topological polar surface area (TPSA) is 84.2 Å². The average Bonchev–Trinajstić information content (AvgIpc) is 2.39. The molecule has 114 valence electrons. The van der Waals surface area contributed by atoms with Gasteiger partial charge in [0, 0.05) is 0 Å². The minimum Gasteiger partial charge on any atom is -0.465 e. The Labute approximate surface area is 118 Å². The summed E-state index contributed by atoms with van der Waals surface area (Å²) in [4.78, 5) is 10.5. The lowest BCUT2D eigenvalue weighted by Crippen LogP contribution is -2.23. The molecule has 0 aromatic heterocycles. The Morgan fingerprint density at radius 2 is 1.86 bits per heavy atom. The number of carbonyl (C=O) groups excluding carboxylic acids is 1. The van der Waals surface area contributed by atoms with Gasteiger partial charge in [0.25, 0.3) is 9.84 Å². The fourth-order valence-corrected chi connectivity index (χ4v) is 2.22. The number of nitrogens with zero attached hydrogens (tertiary/aromatic N) is 1. The molecule has 1 atom stereocenters. The molecular formula is C12H10F3NO4S. The van der Waals surface area contributed by atoms with E-state index in [9.17, 15) is 26.4 Å². The highest BCUT2D eigenvalue weighted by atomic mass is 32.2. The molecule has 1 unspecified atom stereocenters. The van der Waals surface area contributed by atoms with E-state index in [0.29, 0.717) is 12.1 Å². The van der Waals surface area contributed by atoms with Crippen molar-refractivity contribution in [1.82, 2.24) is 0 Å². The van der Waals surface area contributed by atoms with Crippen molar-refractivity contribution in [1.29, 1.82) is 5.26 Å². The third-order valence-corrected chi connectivity index (χ3v) is 3.98. The van der Waals surface area contributed by atoms with Gasteiger partial charge in [-0.3, -0.25) is 4.79 Å². The Bertz CT molecular complexity index is 659. The predicted octanol–water partition coefficient (Wildman–Crippen LogP) is 2.15. The van der Waals surface area contributed by atoms with E-state index in [0.717, 1.165) is 12.1 Å². The van der Waals surface area contributed by atoms with Crippen molar-refractivity contribution in [3.8, 4) is 6.07 Å². The monoisotopic (exact) mass is 321 g/mol. The number of hydrogen-bond donors (Lipinski definition) is 0. The number of nitriles is 1. The molecule has 0 radical (unpaired) electrons. The first-order valence-corrected chi connectivity index (χ1v) is 7.11. The van der Waals surface area contributed by atoms with E-state index in [1.807, 2.05) is 0 Å². The molecule has 0 aliphatic heterocycles. The molecule has 0 aliphatic rings. The summed E-state index contributed by atoms with van der Waals surface area (Å²) in [6.45, 7) is 1.57. The van der Waals surface area contributed by atoms with E-state index in [4.69, 9.17) is 5.26 Å². The molecule has 0 bridgehead atoms. The first-order valence-electron chi connectivity index (χ1n) is 5.62. The summed E-state index contributed by atoms with van der Waals surface area (Å²) in [7, 11) is -5.46. The maximum Gasteiger partial charge on any atom is 0.501 e. The van der Waals surface area contributed by atoms with Crippen LogP contribution in [0.5, 0.6) is 0 Å². The van der Waals surface area contributed by atoms with Crippen LogP contribution in [0.4, 0.5) is 13.2 Å². The van der Waals surface area contributed by atoms with Gasteiger partial charge in [-0.25, -0.2) is 8.42 Å². The zero-order valence-corrected chi connectivity index (χ0v) is 11.5. The van der Waals surface area contributed by atoms with E-state index in [-0.39, 0.29) is 12.2 Å². The molecule has 0 spiro atoms. The molecule has 0 amide bonds. The standard InChI is InChI=1S/C12H10F3NO4S/c1-2-20-11(17)10(7-16)8-3-5-9(6-4-8)21(18,19)12(13,14)15/h3-6,10H,2H2,1H3. The Morgan fingerprint density at radius 3 is 2.24 bits per heavy atom. The van der Waals surface area contributed by atoms with Gasteiger partial charge in [0.05, 0.1) is 17.6 Å². The summed E-state index contributed by atoms with van der Waals surface area (Å²) in [6.07, 6.45) is 0. The molecule has 1 rings (SSSR count). The van der Waals surface area contributed by atoms with Crippen LogP contribution in [-0.2, 0) is 19.4 Å². The van der Waals surface area contributed by atoms with Crippen molar-refractivity contribution in [3.05, 3.63) is 29.8 Å². The van der Waals surface area contributed by atoms with Crippen LogP contribution in [0.15, 0.2) is 29.2 Å². The summed E-state index contributed by atoms with van der Waals surface area (Å²) >= 11 is 0. The van der Waals surface area contributed by atoms with Crippen LogP contribution in [0, 0.1) is 11.3 Å². The van der Waals surface area contributed by atoms with Gasteiger partial charge in [-0.2, -0.15) is 18.4 Å². The number of sulfone groups is 1. The molecule has 1 aromatic rings. The summed E-state index contributed by atoms with van der Waals surface area (Å²) in [5.74, 6) is -2.18. The summed E-state index contributed by atoms with van der Waals surface area (Å²) < 4.78 is 64.0. The van der Waals surface area contributed by atoms with Crippen molar-refractivity contribution in [2.24, 2.45) is 0 Å². The smallest absolute Gasteiger partial charge is 0.465 e. The second-order valence-corrected chi connectivity index (χ2v) is 5.77. The molecule has 0 saturated carbocycles. The van der Waals surface area contributed by atoms with Crippen LogP contribution in [-0.4, -0.2) is 26.5 Å². The van der Waals surface area contributed by atoms with E-state index in [1.165, 1.54) is 6.92 Å². The van der Waals surface area contributed by atoms with Crippen LogP contribution < -0.4 is 0 Å². The molecule has 9 heteroatoms. The number of hydrogen-bond acceptors (Lipinski definition) is 5. The van der Waals surface area contributed by atoms with Crippen molar-refractivity contribution < 1.29 is 31.1 Å². The number of alkyl halides is 3. The van der Waals surface area contributed by atoms with E-state index in [1.54, 1.807) is 6.07 Å². The van der Waals surface area contributed by atoms with Crippen molar-refractivity contribution in [2.45, 2.75) is 23.2 Å². The van der Waals surface area contributed by atoms with Crippen LogP contribution >= 0.6 is 0 Å². The highest BCUT2D eigenvalue weighted by Gasteiger charge is 2.46. The van der Waals surface area contributed by atoms with Crippen molar-refractivity contribution in [3.63, 3.8) is 0 Å². The van der Waals surface area contributed by atoms with Crippen molar-refractivity contribution >= 4 is 15.8 Å². The summed E-state index contributed by atoms with van der Waals surface area (Å²) in [5, 5.41) is 8.89. The molecular weight excluding hydrogens is 311 g/mol. The van der Waals surface area contributed by atoms with Gasteiger partial charge in [0.1, 0.15) is 0 Å². The third-order valence-electron chi connectivity index (χ3n) is 2.48. The zero-order chi connectivity index (χ0) is 16.3. The van der Waals surface area contributed by atoms with Gasteiger partial charge in [-0.15, -0.1) is 0 Å². The number of ether oxygens (including phenoxy) is 1. The van der Waals surface area contributed by atoms with Gasteiger partial charge >= 0.3 is 11.5 Å². The molecule has 21 heavy (non-hydrogen) atoms. The van der Waals surface area contributed by atoms with E-state index >= 15 is 0 Å². The van der Waals surface area contributed by atoms with Gasteiger partial charge in [-0.1, -0.05) is 12.1 Å². The number of rotatable bonds is 4. The fraction of sp³-hybridized carbons (Fsp3) is 0.333. The molecule has 1 aromatic carbocycles. The molecule has 0 heterocycles.